The number of rotatable bonds is 10. The molecule has 1 aliphatic heterocycles. The van der Waals surface area contributed by atoms with Gasteiger partial charge in [-0.05, 0) is 24.6 Å². The molecule has 2 aromatic heterocycles. The highest BCUT2D eigenvalue weighted by molar-refractivity contribution is 7.92. The number of ether oxygens (including phenoxy) is 2. The van der Waals surface area contributed by atoms with Crippen LogP contribution in [-0.4, -0.2) is 60.8 Å². The first-order chi connectivity index (χ1) is 16.5. The summed E-state index contributed by atoms with van der Waals surface area (Å²) >= 11 is 1.27. The number of methoxy groups -OCH3 is 1. The number of anilines is 1. The Balaban J connectivity index is 1.55. The number of benzene rings is 1. The minimum absolute atomic E-state index is 0.0313. The summed E-state index contributed by atoms with van der Waals surface area (Å²) in [5, 5.41) is 13.1. The lowest BCUT2D eigenvalue weighted by Crippen LogP contribution is -2.25. The third-order valence-corrected chi connectivity index (χ3v) is 8.06. The minimum Gasteiger partial charge on any atom is -0.389 e. The number of amides is 1. The van der Waals surface area contributed by atoms with E-state index in [9.17, 15) is 13.2 Å². The molecule has 1 aliphatic rings. The lowest BCUT2D eigenvalue weighted by molar-refractivity contribution is -0.110. The number of carbonyl (C=O) groups is 1. The molecule has 13 heteroatoms. The highest BCUT2D eigenvalue weighted by Gasteiger charge is 2.31. The molecule has 2 N–H and O–H groups in total. The molecule has 0 spiro atoms. The van der Waals surface area contributed by atoms with E-state index in [0.717, 1.165) is 4.88 Å². The number of oxime groups is 1. The smallest absolute Gasteiger partial charge is 0.280 e. The third kappa shape index (κ3) is 5.67. The van der Waals surface area contributed by atoms with Crippen molar-refractivity contribution in [3.05, 3.63) is 58.9 Å². The van der Waals surface area contributed by atoms with E-state index < -0.39 is 21.0 Å². The molecule has 34 heavy (non-hydrogen) atoms. The van der Waals surface area contributed by atoms with Crippen molar-refractivity contribution < 1.29 is 27.5 Å². The molecular weight excluding hydrogens is 482 g/mol. The second-order valence-electron chi connectivity index (χ2n) is 7.37. The zero-order chi connectivity index (χ0) is 24.0. The van der Waals surface area contributed by atoms with Gasteiger partial charge in [0.1, 0.15) is 0 Å². The summed E-state index contributed by atoms with van der Waals surface area (Å²) in [5.41, 5.74) is 1.03. The number of aromatic nitrogens is 3. The molecule has 0 aliphatic carbocycles. The van der Waals surface area contributed by atoms with Crippen LogP contribution in [0.15, 0.2) is 52.8 Å². The van der Waals surface area contributed by atoms with Crippen molar-refractivity contribution in [2.75, 3.05) is 25.6 Å². The fourth-order valence-electron chi connectivity index (χ4n) is 3.24. The monoisotopic (exact) mass is 505 g/mol. The van der Waals surface area contributed by atoms with Crippen molar-refractivity contribution in [1.29, 1.82) is 0 Å². The Morgan fingerprint density at radius 1 is 1.29 bits per heavy atom. The summed E-state index contributed by atoms with van der Waals surface area (Å²) in [6.07, 6.45) is 3.64. The highest BCUT2D eigenvalue weighted by Crippen LogP contribution is 2.23. The molecule has 3 heterocycles. The molecule has 11 nitrogen and oxygen atoms in total. The molecule has 1 atom stereocenters. The Morgan fingerprint density at radius 2 is 2.12 bits per heavy atom. The zero-order valence-corrected chi connectivity index (χ0v) is 19.9. The van der Waals surface area contributed by atoms with Gasteiger partial charge < -0.3 is 14.3 Å². The molecule has 3 aromatic rings. The summed E-state index contributed by atoms with van der Waals surface area (Å²) in [6, 6.07) is 7.69. The molecule has 0 bridgehead atoms. The fourth-order valence-corrected chi connectivity index (χ4v) is 5.60. The first-order valence-corrected chi connectivity index (χ1v) is 12.7. The van der Waals surface area contributed by atoms with E-state index in [4.69, 9.17) is 14.3 Å². The van der Waals surface area contributed by atoms with Crippen LogP contribution in [0, 0.1) is 0 Å². The Kier molecular flexibility index (Phi) is 7.67. The molecule has 0 unspecified atom stereocenters. The Hall–Kier alpha value is -3.13. The fraction of sp³-hybridized carbons (Fsp3) is 0.333. The highest BCUT2D eigenvalue weighted by atomic mass is 32.2. The quantitative estimate of drug-likeness (QED) is 0.315. The van der Waals surface area contributed by atoms with E-state index in [2.05, 4.69) is 25.7 Å². The van der Waals surface area contributed by atoms with E-state index in [1.807, 2.05) is 0 Å². The van der Waals surface area contributed by atoms with E-state index in [1.165, 1.54) is 35.6 Å². The number of aromatic amines is 1. The van der Waals surface area contributed by atoms with Crippen LogP contribution in [0.5, 0.6) is 0 Å². The number of hydrogen-bond donors (Lipinski definition) is 2. The maximum Gasteiger partial charge on any atom is 0.280 e. The van der Waals surface area contributed by atoms with Crippen molar-refractivity contribution in [1.82, 2.24) is 15.2 Å². The molecule has 0 saturated carbocycles. The standard InChI is InChI=1S/C21H23N5O6S2/c1-30-12-16-10-22-21(33-16)24-20(27)19(26-32-11-15-6-8-23-25-15)14-2-4-17(5-3-14)34(28,29)18-7-9-31-13-18/h2-6,8,10,18H,7,9,11-13H2,1H3,(H,23,25)(H,22,24,27)/b26-19+/t18-/m0/s1. The average molecular weight is 506 g/mol. The second-order valence-corrected chi connectivity index (χ2v) is 10.7. The van der Waals surface area contributed by atoms with E-state index >= 15 is 0 Å². The van der Waals surface area contributed by atoms with Crippen LogP contribution < -0.4 is 5.32 Å². The van der Waals surface area contributed by atoms with Gasteiger partial charge in [0.25, 0.3) is 5.91 Å². The van der Waals surface area contributed by atoms with Crippen LogP contribution >= 0.6 is 11.3 Å². The topological polar surface area (TPSA) is 145 Å². The number of nitrogens with zero attached hydrogens (tertiary/aromatic N) is 3. The Labute approximate surface area is 200 Å². The molecule has 4 rings (SSSR count). The molecule has 1 amide bonds. The molecule has 1 saturated heterocycles. The van der Waals surface area contributed by atoms with E-state index in [0.29, 0.717) is 36.0 Å². The van der Waals surface area contributed by atoms with Gasteiger partial charge in [0, 0.05) is 31.7 Å². The van der Waals surface area contributed by atoms with Crippen molar-refractivity contribution in [3.8, 4) is 0 Å². The molecule has 180 valence electrons. The number of sulfone groups is 1. The largest absolute Gasteiger partial charge is 0.389 e. The van der Waals surface area contributed by atoms with Gasteiger partial charge in [-0.1, -0.05) is 28.6 Å². The van der Waals surface area contributed by atoms with Gasteiger partial charge in [-0.2, -0.15) is 5.10 Å². The number of carbonyl (C=O) groups excluding carboxylic acids is 1. The Morgan fingerprint density at radius 3 is 2.79 bits per heavy atom. The SMILES string of the molecule is COCc1cnc(NC(=O)/C(=N/OCc2ccn[nH]2)c2ccc(S(=O)(=O)[C@H]3CCOC3)cc2)s1. The van der Waals surface area contributed by atoms with Crippen LogP contribution in [0.2, 0.25) is 0 Å². The van der Waals surface area contributed by atoms with Crippen LogP contribution in [-0.2, 0) is 42.2 Å². The van der Waals surface area contributed by atoms with Gasteiger partial charge >= 0.3 is 0 Å². The summed E-state index contributed by atoms with van der Waals surface area (Å²) in [4.78, 5) is 23.6. The van der Waals surface area contributed by atoms with Crippen LogP contribution in [0.3, 0.4) is 0 Å². The van der Waals surface area contributed by atoms with Crippen molar-refractivity contribution >= 4 is 37.9 Å². The summed E-state index contributed by atoms with van der Waals surface area (Å²) in [6.45, 7) is 1.05. The molecule has 0 radical (unpaired) electrons. The van der Waals surface area contributed by atoms with Crippen LogP contribution in [0.1, 0.15) is 22.6 Å². The normalized spacial score (nSPS) is 16.5. The lowest BCUT2D eigenvalue weighted by Gasteiger charge is -2.11. The number of thiazole rings is 1. The Bertz CT molecular complexity index is 1230. The zero-order valence-electron chi connectivity index (χ0n) is 18.3. The van der Waals surface area contributed by atoms with Crippen LogP contribution in [0.4, 0.5) is 5.13 Å². The van der Waals surface area contributed by atoms with Crippen LogP contribution in [0.25, 0.3) is 0 Å². The van der Waals surface area contributed by atoms with Crippen molar-refractivity contribution in [3.63, 3.8) is 0 Å². The van der Waals surface area contributed by atoms with Gasteiger partial charge in [-0.15, -0.1) is 0 Å². The maximum absolute atomic E-state index is 13.0. The van der Waals surface area contributed by atoms with E-state index in [-0.39, 0.29) is 23.8 Å². The van der Waals surface area contributed by atoms with Crippen molar-refractivity contribution in [2.45, 2.75) is 29.8 Å². The number of H-pyrrole nitrogens is 1. The maximum atomic E-state index is 13.0. The summed E-state index contributed by atoms with van der Waals surface area (Å²) in [7, 11) is -1.95. The summed E-state index contributed by atoms with van der Waals surface area (Å²) < 4.78 is 35.9. The van der Waals surface area contributed by atoms with Gasteiger partial charge in [-0.3, -0.25) is 15.2 Å². The first kappa shape index (κ1) is 24.0. The summed E-state index contributed by atoms with van der Waals surface area (Å²) in [5.74, 6) is -0.553. The number of hydrogen-bond acceptors (Lipinski definition) is 10. The first-order valence-electron chi connectivity index (χ1n) is 10.3. The van der Waals surface area contributed by atoms with Gasteiger partial charge in [0.2, 0.25) is 0 Å². The predicted octanol–water partition coefficient (Wildman–Crippen LogP) is 2.13. The second kappa shape index (κ2) is 10.9. The van der Waals surface area contributed by atoms with Crippen molar-refractivity contribution in [2.24, 2.45) is 5.16 Å². The lowest BCUT2D eigenvalue weighted by atomic mass is 10.1. The van der Waals surface area contributed by atoms with Gasteiger partial charge in [-0.25, -0.2) is 13.4 Å². The van der Waals surface area contributed by atoms with Gasteiger partial charge in [0.15, 0.2) is 27.3 Å². The van der Waals surface area contributed by atoms with Gasteiger partial charge in [0.05, 0.1) is 33.9 Å². The molecule has 1 fully saturated rings. The average Bonchev–Trinajstić information content (AvgIpc) is 3.60. The minimum atomic E-state index is -3.53. The third-order valence-electron chi connectivity index (χ3n) is 4.99. The number of nitrogens with one attached hydrogen (secondary N) is 2. The molecular formula is C21H23N5O6S2. The molecule has 1 aromatic carbocycles. The van der Waals surface area contributed by atoms with E-state index in [1.54, 1.807) is 25.6 Å². The predicted molar refractivity (Wildman–Crippen MR) is 124 cm³/mol.